The van der Waals surface area contributed by atoms with Crippen molar-refractivity contribution in [1.82, 2.24) is 14.8 Å². The SMILES string of the molecule is CCCCc1ncn(-c2ccc(Cl)cc2)n1. The third-order valence-corrected chi connectivity index (χ3v) is 2.64. The molecule has 3 nitrogen and oxygen atoms in total. The molecule has 0 aliphatic carbocycles. The van der Waals surface area contributed by atoms with Gasteiger partial charge in [0.1, 0.15) is 6.33 Å². The van der Waals surface area contributed by atoms with Crippen LogP contribution in [-0.4, -0.2) is 14.8 Å². The molecule has 2 rings (SSSR count). The lowest BCUT2D eigenvalue weighted by atomic mass is 10.2. The highest BCUT2D eigenvalue weighted by Crippen LogP contribution is 2.12. The van der Waals surface area contributed by atoms with Gasteiger partial charge in [-0.25, -0.2) is 9.67 Å². The molecule has 0 N–H and O–H groups in total. The predicted octanol–water partition coefficient (Wildman–Crippen LogP) is 3.26. The Kier molecular flexibility index (Phi) is 3.57. The summed E-state index contributed by atoms with van der Waals surface area (Å²) in [6.07, 6.45) is 4.98. The summed E-state index contributed by atoms with van der Waals surface area (Å²) in [5.74, 6) is 0.900. The summed E-state index contributed by atoms with van der Waals surface area (Å²) in [5.41, 5.74) is 0.986. The second-order valence-corrected chi connectivity index (χ2v) is 4.12. The lowest BCUT2D eigenvalue weighted by molar-refractivity contribution is 0.742. The highest BCUT2D eigenvalue weighted by atomic mass is 35.5. The molecule has 1 heterocycles. The third-order valence-electron chi connectivity index (χ3n) is 2.38. The monoisotopic (exact) mass is 235 g/mol. The van der Waals surface area contributed by atoms with Gasteiger partial charge in [-0.15, -0.1) is 0 Å². The Bertz CT molecular complexity index is 448. The minimum atomic E-state index is 0.732. The first-order valence-corrected chi connectivity index (χ1v) is 5.84. The van der Waals surface area contributed by atoms with Gasteiger partial charge in [-0.3, -0.25) is 0 Å². The Morgan fingerprint density at radius 3 is 2.69 bits per heavy atom. The Morgan fingerprint density at radius 1 is 1.25 bits per heavy atom. The van der Waals surface area contributed by atoms with E-state index in [1.165, 1.54) is 0 Å². The van der Waals surface area contributed by atoms with Crippen LogP contribution in [0.25, 0.3) is 5.69 Å². The normalized spacial score (nSPS) is 10.6. The van der Waals surface area contributed by atoms with Crippen LogP contribution in [0.1, 0.15) is 25.6 Å². The van der Waals surface area contributed by atoms with Crippen LogP contribution in [-0.2, 0) is 6.42 Å². The lowest BCUT2D eigenvalue weighted by Gasteiger charge is -1.99. The smallest absolute Gasteiger partial charge is 0.151 e. The molecule has 2 aromatic rings. The Hall–Kier alpha value is -1.35. The fourth-order valence-corrected chi connectivity index (χ4v) is 1.59. The molecule has 84 valence electrons. The van der Waals surface area contributed by atoms with E-state index in [-0.39, 0.29) is 0 Å². The van der Waals surface area contributed by atoms with E-state index in [2.05, 4.69) is 17.0 Å². The number of hydrogen-bond donors (Lipinski definition) is 0. The molecule has 1 aromatic carbocycles. The number of rotatable bonds is 4. The van der Waals surface area contributed by atoms with Crippen molar-refractivity contribution in [2.45, 2.75) is 26.2 Å². The molecular formula is C12H14ClN3. The summed E-state index contributed by atoms with van der Waals surface area (Å²) < 4.78 is 1.78. The van der Waals surface area contributed by atoms with Gasteiger partial charge in [-0.2, -0.15) is 5.10 Å². The topological polar surface area (TPSA) is 30.7 Å². The Balaban J connectivity index is 2.15. The lowest BCUT2D eigenvalue weighted by Crippen LogP contribution is -1.96. The summed E-state index contributed by atoms with van der Waals surface area (Å²) in [6.45, 7) is 2.16. The molecule has 0 aliphatic heterocycles. The van der Waals surface area contributed by atoms with Gasteiger partial charge in [0.25, 0.3) is 0 Å². The minimum Gasteiger partial charge on any atom is -0.221 e. The number of halogens is 1. The van der Waals surface area contributed by atoms with Gasteiger partial charge in [0.2, 0.25) is 0 Å². The van der Waals surface area contributed by atoms with E-state index in [9.17, 15) is 0 Å². The maximum absolute atomic E-state index is 5.83. The van der Waals surface area contributed by atoms with Gasteiger partial charge in [0.15, 0.2) is 5.82 Å². The van der Waals surface area contributed by atoms with E-state index < -0.39 is 0 Å². The second kappa shape index (κ2) is 5.12. The fourth-order valence-electron chi connectivity index (χ4n) is 1.46. The van der Waals surface area contributed by atoms with E-state index in [0.717, 1.165) is 35.8 Å². The average Bonchev–Trinajstić information content (AvgIpc) is 2.76. The molecule has 0 bridgehead atoms. The van der Waals surface area contributed by atoms with Crippen LogP contribution in [0, 0.1) is 0 Å². The van der Waals surface area contributed by atoms with Gasteiger partial charge >= 0.3 is 0 Å². The van der Waals surface area contributed by atoms with E-state index in [0.29, 0.717) is 0 Å². The number of nitrogens with zero attached hydrogens (tertiary/aromatic N) is 3. The van der Waals surface area contributed by atoms with Gasteiger partial charge in [-0.1, -0.05) is 24.9 Å². The van der Waals surface area contributed by atoms with Gasteiger partial charge in [-0.05, 0) is 30.7 Å². The van der Waals surface area contributed by atoms with E-state index in [1.54, 1.807) is 11.0 Å². The first kappa shape index (κ1) is 11.1. The first-order chi connectivity index (χ1) is 7.79. The van der Waals surface area contributed by atoms with Crippen LogP contribution in [0.4, 0.5) is 0 Å². The van der Waals surface area contributed by atoms with Crippen molar-refractivity contribution >= 4 is 11.6 Å². The third kappa shape index (κ3) is 2.61. The maximum atomic E-state index is 5.83. The zero-order valence-corrected chi connectivity index (χ0v) is 9.98. The second-order valence-electron chi connectivity index (χ2n) is 3.69. The zero-order chi connectivity index (χ0) is 11.4. The number of aryl methyl sites for hydroxylation is 1. The summed E-state index contributed by atoms with van der Waals surface area (Å²) in [5, 5.41) is 5.14. The summed E-state index contributed by atoms with van der Waals surface area (Å²) in [7, 11) is 0. The maximum Gasteiger partial charge on any atom is 0.151 e. The molecule has 0 fully saturated rings. The average molecular weight is 236 g/mol. The van der Waals surface area contributed by atoms with E-state index >= 15 is 0 Å². The molecule has 0 spiro atoms. The van der Waals surface area contributed by atoms with Crippen LogP contribution in [0.5, 0.6) is 0 Å². The Labute approximate surface area is 100 Å². The number of hydrogen-bond acceptors (Lipinski definition) is 2. The Morgan fingerprint density at radius 2 is 2.00 bits per heavy atom. The van der Waals surface area contributed by atoms with Crippen molar-refractivity contribution in [3.05, 3.63) is 41.4 Å². The van der Waals surface area contributed by atoms with Crippen molar-refractivity contribution in [1.29, 1.82) is 0 Å². The van der Waals surface area contributed by atoms with Crippen molar-refractivity contribution < 1.29 is 0 Å². The quantitative estimate of drug-likeness (QED) is 0.815. The number of unbranched alkanes of at least 4 members (excludes halogenated alkanes) is 1. The minimum absolute atomic E-state index is 0.732. The molecule has 0 aliphatic rings. The van der Waals surface area contributed by atoms with Crippen molar-refractivity contribution in [2.24, 2.45) is 0 Å². The number of benzene rings is 1. The fraction of sp³-hybridized carbons (Fsp3) is 0.333. The van der Waals surface area contributed by atoms with E-state index in [4.69, 9.17) is 11.6 Å². The molecule has 0 atom stereocenters. The van der Waals surface area contributed by atoms with Crippen LogP contribution in [0.2, 0.25) is 5.02 Å². The molecular weight excluding hydrogens is 222 g/mol. The molecule has 0 unspecified atom stereocenters. The summed E-state index contributed by atoms with van der Waals surface area (Å²) in [6, 6.07) is 7.57. The molecule has 0 saturated heterocycles. The largest absolute Gasteiger partial charge is 0.221 e. The van der Waals surface area contributed by atoms with Crippen LogP contribution in [0.3, 0.4) is 0 Å². The predicted molar refractivity (Wildman–Crippen MR) is 65.0 cm³/mol. The standard InChI is InChI=1S/C12H14ClN3/c1-2-3-4-12-14-9-16(15-12)11-7-5-10(13)6-8-11/h5-9H,2-4H2,1H3. The molecule has 1 aromatic heterocycles. The van der Waals surface area contributed by atoms with Crippen LogP contribution < -0.4 is 0 Å². The molecule has 0 amide bonds. The van der Waals surface area contributed by atoms with Crippen molar-refractivity contribution in [3.63, 3.8) is 0 Å². The molecule has 0 radical (unpaired) electrons. The zero-order valence-electron chi connectivity index (χ0n) is 9.23. The molecule has 16 heavy (non-hydrogen) atoms. The van der Waals surface area contributed by atoms with Crippen LogP contribution >= 0.6 is 11.6 Å². The molecule has 0 saturated carbocycles. The van der Waals surface area contributed by atoms with Crippen molar-refractivity contribution in [2.75, 3.05) is 0 Å². The highest BCUT2D eigenvalue weighted by Gasteiger charge is 2.01. The molecule has 4 heteroatoms. The van der Waals surface area contributed by atoms with Crippen molar-refractivity contribution in [3.8, 4) is 5.69 Å². The first-order valence-electron chi connectivity index (χ1n) is 5.46. The van der Waals surface area contributed by atoms with Gasteiger partial charge in [0, 0.05) is 11.4 Å². The number of aromatic nitrogens is 3. The van der Waals surface area contributed by atoms with E-state index in [1.807, 2.05) is 24.3 Å². The summed E-state index contributed by atoms with van der Waals surface area (Å²) >= 11 is 5.83. The van der Waals surface area contributed by atoms with Gasteiger partial charge < -0.3 is 0 Å². The highest BCUT2D eigenvalue weighted by molar-refractivity contribution is 6.30. The van der Waals surface area contributed by atoms with Gasteiger partial charge in [0.05, 0.1) is 5.69 Å². The summed E-state index contributed by atoms with van der Waals surface area (Å²) in [4.78, 5) is 4.27. The van der Waals surface area contributed by atoms with Crippen LogP contribution in [0.15, 0.2) is 30.6 Å².